The molecule has 2 aromatic carbocycles. The van der Waals surface area contributed by atoms with Gasteiger partial charge in [-0.15, -0.1) is 0 Å². The van der Waals surface area contributed by atoms with Crippen molar-refractivity contribution in [2.24, 2.45) is 5.14 Å². The van der Waals surface area contributed by atoms with Crippen molar-refractivity contribution in [3.63, 3.8) is 0 Å². The number of pyridine rings is 1. The number of hydrogen-bond donors (Lipinski definition) is 1. The highest BCUT2D eigenvalue weighted by Gasteiger charge is 2.09. The highest BCUT2D eigenvalue weighted by molar-refractivity contribution is 7.89. The number of benzene rings is 2. The van der Waals surface area contributed by atoms with Gasteiger partial charge in [-0.05, 0) is 47.5 Å². The summed E-state index contributed by atoms with van der Waals surface area (Å²) in [5.74, 6) is -0.442. The summed E-state index contributed by atoms with van der Waals surface area (Å²) >= 11 is 0. The number of aromatic nitrogens is 1. The van der Waals surface area contributed by atoms with Crippen molar-refractivity contribution in [1.82, 2.24) is 4.57 Å². The fraction of sp³-hybridized carbons (Fsp3) is 0. The van der Waals surface area contributed by atoms with Gasteiger partial charge in [0.25, 0.3) is 5.56 Å². The molecule has 1 heterocycles. The summed E-state index contributed by atoms with van der Waals surface area (Å²) < 4.78 is 37.3. The van der Waals surface area contributed by atoms with E-state index in [1.54, 1.807) is 30.5 Å². The molecule has 0 bridgehead atoms. The van der Waals surface area contributed by atoms with Gasteiger partial charge in [-0.25, -0.2) is 17.9 Å². The van der Waals surface area contributed by atoms with Crippen LogP contribution in [0.2, 0.25) is 0 Å². The predicted molar refractivity (Wildman–Crippen MR) is 88.8 cm³/mol. The third-order valence-electron chi connectivity index (χ3n) is 3.51. The minimum absolute atomic E-state index is 0.00435. The Morgan fingerprint density at radius 3 is 2.21 bits per heavy atom. The molecule has 122 valence electrons. The first-order valence-corrected chi connectivity index (χ1v) is 8.51. The highest BCUT2D eigenvalue weighted by atomic mass is 32.2. The third-order valence-corrected chi connectivity index (χ3v) is 4.44. The Balaban J connectivity index is 2.07. The zero-order valence-corrected chi connectivity index (χ0v) is 13.2. The van der Waals surface area contributed by atoms with Crippen LogP contribution < -0.4 is 10.7 Å². The lowest BCUT2D eigenvalue weighted by Gasteiger charge is -2.09. The molecule has 3 aromatic rings. The predicted octanol–water partition coefficient (Wildman–Crippen LogP) is 2.29. The quantitative estimate of drug-likeness (QED) is 0.791. The van der Waals surface area contributed by atoms with E-state index in [-0.39, 0.29) is 10.5 Å². The molecule has 0 fully saturated rings. The Morgan fingerprint density at radius 1 is 0.917 bits per heavy atom. The van der Waals surface area contributed by atoms with Crippen LogP contribution in [0, 0.1) is 5.82 Å². The minimum atomic E-state index is -3.76. The van der Waals surface area contributed by atoms with Crippen LogP contribution in [0.1, 0.15) is 0 Å². The third kappa shape index (κ3) is 3.27. The first kappa shape index (κ1) is 16.1. The van der Waals surface area contributed by atoms with E-state index in [1.165, 1.54) is 41.0 Å². The lowest BCUT2D eigenvalue weighted by atomic mass is 10.1. The van der Waals surface area contributed by atoms with Gasteiger partial charge < -0.3 is 0 Å². The monoisotopic (exact) mass is 344 g/mol. The Bertz CT molecular complexity index is 1060. The van der Waals surface area contributed by atoms with Gasteiger partial charge in [0.2, 0.25) is 10.0 Å². The molecule has 0 amide bonds. The van der Waals surface area contributed by atoms with E-state index >= 15 is 0 Å². The summed E-state index contributed by atoms with van der Waals surface area (Å²) in [6.07, 6.45) is 1.57. The standard InChI is InChI=1S/C17H13FN2O3S/c18-14-2-1-3-15(10-14)20-11-13(6-9-17(20)21)12-4-7-16(8-5-12)24(19,22)23/h1-11H,(H2,19,22,23). The first-order valence-electron chi connectivity index (χ1n) is 6.96. The van der Waals surface area contributed by atoms with E-state index < -0.39 is 15.8 Å². The molecule has 0 aliphatic rings. The number of primary sulfonamides is 1. The van der Waals surface area contributed by atoms with Gasteiger partial charge >= 0.3 is 0 Å². The minimum Gasteiger partial charge on any atom is -0.284 e. The fourth-order valence-corrected chi connectivity index (χ4v) is 2.84. The second-order valence-electron chi connectivity index (χ2n) is 5.18. The molecule has 5 nitrogen and oxygen atoms in total. The van der Waals surface area contributed by atoms with Crippen LogP contribution >= 0.6 is 0 Å². The van der Waals surface area contributed by atoms with Gasteiger partial charge in [-0.2, -0.15) is 0 Å². The zero-order valence-electron chi connectivity index (χ0n) is 12.4. The number of rotatable bonds is 3. The number of hydrogen-bond acceptors (Lipinski definition) is 3. The number of sulfonamides is 1. The van der Waals surface area contributed by atoms with Crippen molar-refractivity contribution in [1.29, 1.82) is 0 Å². The van der Waals surface area contributed by atoms with Crippen molar-refractivity contribution in [3.05, 3.63) is 83.0 Å². The second kappa shape index (κ2) is 6.03. The fourth-order valence-electron chi connectivity index (χ4n) is 2.32. The maximum absolute atomic E-state index is 13.4. The summed E-state index contributed by atoms with van der Waals surface area (Å²) in [5.41, 5.74) is 1.49. The molecular weight excluding hydrogens is 331 g/mol. The van der Waals surface area contributed by atoms with Crippen LogP contribution in [0.5, 0.6) is 0 Å². The lowest BCUT2D eigenvalue weighted by Crippen LogP contribution is -2.16. The topological polar surface area (TPSA) is 82.2 Å². The van der Waals surface area contributed by atoms with Crippen molar-refractivity contribution >= 4 is 10.0 Å². The van der Waals surface area contributed by atoms with E-state index in [9.17, 15) is 17.6 Å². The van der Waals surface area contributed by atoms with Crippen molar-refractivity contribution in [2.75, 3.05) is 0 Å². The van der Waals surface area contributed by atoms with Crippen molar-refractivity contribution < 1.29 is 12.8 Å². The molecule has 24 heavy (non-hydrogen) atoms. The molecule has 3 rings (SSSR count). The average molecular weight is 344 g/mol. The first-order chi connectivity index (χ1) is 11.3. The lowest BCUT2D eigenvalue weighted by molar-refractivity contribution is 0.598. The molecule has 0 unspecified atom stereocenters. The Morgan fingerprint density at radius 2 is 1.58 bits per heavy atom. The van der Waals surface area contributed by atoms with Crippen LogP contribution in [0.3, 0.4) is 0 Å². The number of nitrogens with two attached hydrogens (primary N) is 1. The largest absolute Gasteiger partial charge is 0.284 e. The van der Waals surface area contributed by atoms with Crippen molar-refractivity contribution in [3.8, 4) is 16.8 Å². The summed E-state index contributed by atoms with van der Waals surface area (Å²) in [5, 5.41) is 5.07. The van der Waals surface area contributed by atoms with Crippen LogP contribution in [-0.2, 0) is 10.0 Å². The summed E-state index contributed by atoms with van der Waals surface area (Å²) in [6.45, 7) is 0. The van der Waals surface area contributed by atoms with E-state index in [4.69, 9.17) is 5.14 Å². The molecular formula is C17H13FN2O3S. The molecule has 1 aromatic heterocycles. The maximum Gasteiger partial charge on any atom is 0.255 e. The molecule has 0 saturated heterocycles. The SMILES string of the molecule is NS(=O)(=O)c1ccc(-c2ccc(=O)n(-c3cccc(F)c3)c2)cc1. The molecule has 0 radical (unpaired) electrons. The van der Waals surface area contributed by atoms with Gasteiger partial charge in [-0.3, -0.25) is 9.36 Å². The van der Waals surface area contributed by atoms with Crippen LogP contribution in [-0.4, -0.2) is 13.0 Å². The second-order valence-corrected chi connectivity index (χ2v) is 6.74. The van der Waals surface area contributed by atoms with Crippen LogP contribution in [0.15, 0.2) is 76.6 Å². The van der Waals surface area contributed by atoms with Gasteiger partial charge in [0.15, 0.2) is 0 Å². The van der Waals surface area contributed by atoms with Crippen LogP contribution in [0.4, 0.5) is 4.39 Å². The van der Waals surface area contributed by atoms with Gasteiger partial charge in [0.05, 0.1) is 10.6 Å². The summed E-state index contributed by atoms with van der Waals surface area (Å²) in [7, 11) is -3.76. The van der Waals surface area contributed by atoms with E-state index in [0.717, 1.165) is 0 Å². The number of nitrogens with zero attached hydrogens (tertiary/aromatic N) is 1. The molecule has 7 heteroatoms. The molecule has 0 aliphatic heterocycles. The average Bonchev–Trinajstić information content (AvgIpc) is 2.54. The Kier molecular flexibility index (Phi) is 4.04. The summed E-state index contributed by atoms with van der Waals surface area (Å²) in [6, 6.07) is 14.6. The number of halogens is 1. The normalized spacial score (nSPS) is 11.4. The van der Waals surface area contributed by atoms with E-state index in [0.29, 0.717) is 16.8 Å². The van der Waals surface area contributed by atoms with Crippen LogP contribution in [0.25, 0.3) is 16.8 Å². The molecule has 0 aliphatic carbocycles. The summed E-state index contributed by atoms with van der Waals surface area (Å²) in [4.78, 5) is 12.0. The van der Waals surface area contributed by atoms with E-state index in [2.05, 4.69) is 0 Å². The smallest absolute Gasteiger partial charge is 0.255 e. The van der Waals surface area contributed by atoms with Gasteiger partial charge in [0.1, 0.15) is 5.82 Å². The van der Waals surface area contributed by atoms with Gasteiger partial charge in [-0.1, -0.05) is 18.2 Å². The molecule has 2 N–H and O–H groups in total. The maximum atomic E-state index is 13.4. The highest BCUT2D eigenvalue weighted by Crippen LogP contribution is 2.21. The van der Waals surface area contributed by atoms with E-state index in [1.807, 2.05) is 0 Å². The van der Waals surface area contributed by atoms with Gasteiger partial charge in [0, 0.05) is 12.3 Å². The van der Waals surface area contributed by atoms with Crippen molar-refractivity contribution in [2.45, 2.75) is 4.90 Å². The molecule has 0 atom stereocenters. The Labute approximate surface area is 137 Å². The molecule has 0 spiro atoms. The zero-order chi connectivity index (χ0) is 17.3. The molecule has 0 saturated carbocycles. The Hall–Kier alpha value is -2.77.